The molecular formula is C11H13NO3. The molecule has 0 unspecified atom stereocenters. The first-order valence-electron chi connectivity index (χ1n) is 4.60. The third-order valence-corrected chi connectivity index (χ3v) is 2.02. The van der Waals surface area contributed by atoms with Crippen molar-refractivity contribution in [2.45, 2.75) is 13.8 Å². The predicted molar refractivity (Wildman–Crippen MR) is 56.0 cm³/mol. The van der Waals surface area contributed by atoms with Crippen LogP contribution >= 0.6 is 0 Å². The van der Waals surface area contributed by atoms with Gasteiger partial charge in [0.15, 0.2) is 0 Å². The lowest BCUT2D eigenvalue weighted by atomic mass is 10.1. The molecule has 1 rings (SSSR count). The first-order chi connectivity index (χ1) is 7.13. The van der Waals surface area contributed by atoms with Crippen LogP contribution in [0, 0.1) is 13.8 Å². The molecule has 80 valence electrons. The monoisotopic (exact) mass is 207 g/mol. The van der Waals surface area contributed by atoms with Crippen LogP contribution in [0.2, 0.25) is 0 Å². The maximum absolute atomic E-state index is 11.1. The van der Waals surface area contributed by atoms with Crippen LogP contribution in [0.15, 0.2) is 18.2 Å². The van der Waals surface area contributed by atoms with Crippen LogP contribution in [0.5, 0.6) is 5.75 Å². The van der Waals surface area contributed by atoms with Gasteiger partial charge in [-0.1, -0.05) is 6.07 Å². The Bertz CT molecular complexity index is 374. The van der Waals surface area contributed by atoms with Crippen molar-refractivity contribution in [3.05, 3.63) is 29.3 Å². The molecule has 0 heterocycles. The number of hydrogen-bond acceptors (Lipinski definition) is 3. The van der Waals surface area contributed by atoms with Gasteiger partial charge < -0.3 is 14.8 Å². The Labute approximate surface area is 88.2 Å². The molecule has 15 heavy (non-hydrogen) atoms. The molecule has 0 saturated carbocycles. The van der Waals surface area contributed by atoms with Crippen molar-refractivity contribution < 1.29 is 14.3 Å². The molecule has 0 aromatic heterocycles. The average molecular weight is 207 g/mol. The molecule has 0 aliphatic carbocycles. The lowest BCUT2D eigenvalue weighted by Crippen LogP contribution is -2.28. The SMILES string of the molecule is Cc1ccc(OC(=O)NCC=O)cc1C. The summed E-state index contributed by atoms with van der Waals surface area (Å²) in [5, 5.41) is 2.29. The van der Waals surface area contributed by atoms with Crippen LogP contribution in [0.1, 0.15) is 11.1 Å². The number of rotatable bonds is 3. The van der Waals surface area contributed by atoms with E-state index >= 15 is 0 Å². The highest BCUT2D eigenvalue weighted by atomic mass is 16.6. The molecule has 1 aromatic carbocycles. The summed E-state index contributed by atoms with van der Waals surface area (Å²) >= 11 is 0. The van der Waals surface area contributed by atoms with E-state index in [4.69, 9.17) is 4.74 Å². The number of aryl methyl sites for hydroxylation is 2. The zero-order valence-electron chi connectivity index (χ0n) is 8.74. The van der Waals surface area contributed by atoms with E-state index in [1.54, 1.807) is 12.1 Å². The summed E-state index contributed by atoms with van der Waals surface area (Å²) in [6, 6.07) is 5.36. The van der Waals surface area contributed by atoms with E-state index in [2.05, 4.69) is 5.32 Å². The van der Waals surface area contributed by atoms with Crippen molar-refractivity contribution in [1.82, 2.24) is 5.32 Å². The third-order valence-electron chi connectivity index (χ3n) is 2.02. The largest absolute Gasteiger partial charge is 0.412 e. The molecule has 0 bridgehead atoms. The highest BCUT2D eigenvalue weighted by Crippen LogP contribution is 2.16. The molecule has 0 saturated heterocycles. The second-order valence-electron chi connectivity index (χ2n) is 3.18. The Morgan fingerprint density at radius 2 is 2.13 bits per heavy atom. The standard InChI is InChI=1S/C11H13NO3/c1-8-3-4-10(7-9(8)2)15-11(14)12-5-6-13/h3-4,6-7H,5H2,1-2H3,(H,12,14). The highest BCUT2D eigenvalue weighted by Gasteiger charge is 2.03. The molecular weight excluding hydrogens is 194 g/mol. The molecule has 0 atom stereocenters. The quantitative estimate of drug-likeness (QED) is 0.766. The Morgan fingerprint density at radius 1 is 1.40 bits per heavy atom. The molecule has 1 amide bonds. The zero-order chi connectivity index (χ0) is 11.3. The number of aldehydes is 1. The minimum absolute atomic E-state index is 0.0380. The van der Waals surface area contributed by atoms with Gasteiger partial charge in [-0.05, 0) is 37.1 Å². The Hall–Kier alpha value is -1.84. The summed E-state index contributed by atoms with van der Waals surface area (Å²) in [5.41, 5.74) is 2.19. The minimum atomic E-state index is -0.620. The fraction of sp³-hybridized carbons (Fsp3) is 0.273. The smallest absolute Gasteiger partial charge is 0.410 e. The Morgan fingerprint density at radius 3 is 2.73 bits per heavy atom. The van der Waals surface area contributed by atoms with E-state index in [1.165, 1.54) is 0 Å². The number of hydrogen-bond donors (Lipinski definition) is 1. The zero-order valence-corrected chi connectivity index (χ0v) is 8.74. The van der Waals surface area contributed by atoms with Crippen LogP contribution in [-0.2, 0) is 4.79 Å². The molecule has 1 aromatic rings. The lowest BCUT2D eigenvalue weighted by molar-refractivity contribution is -0.107. The minimum Gasteiger partial charge on any atom is -0.410 e. The number of carbonyl (C=O) groups is 2. The van der Waals surface area contributed by atoms with Crippen LogP contribution in [-0.4, -0.2) is 18.9 Å². The van der Waals surface area contributed by atoms with Crippen LogP contribution in [0.3, 0.4) is 0 Å². The number of carbonyl (C=O) groups excluding carboxylic acids is 2. The fourth-order valence-corrected chi connectivity index (χ4v) is 1.05. The van der Waals surface area contributed by atoms with E-state index in [9.17, 15) is 9.59 Å². The normalized spacial score (nSPS) is 9.47. The molecule has 0 spiro atoms. The molecule has 0 aliphatic heterocycles. The van der Waals surface area contributed by atoms with E-state index < -0.39 is 6.09 Å². The first kappa shape index (κ1) is 11.2. The lowest BCUT2D eigenvalue weighted by Gasteiger charge is -2.06. The number of ether oxygens (including phenoxy) is 1. The van der Waals surface area contributed by atoms with Gasteiger partial charge in [-0.15, -0.1) is 0 Å². The third kappa shape index (κ3) is 3.42. The van der Waals surface area contributed by atoms with Gasteiger partial charge in [-0.3, -0.25) is 0 Å². The summed E-state index contributed by atoms with van der Waals surface area (Å²) in [4.78, 5) is 21.1. The van der Waals surface area contributed by atoms with Crippen molar-refractivity contribution in [2.75, 3.05) is 6.54 Å². The fourth-order valence-electron chi connectivity index (χ4n) is 1.05. The first-order valence-corrected chi connectivity index (χ1v) is 4.60. The summed E-state index contributed by atoms with van der Waals surface area (Å²) in [5.74, 6) is 0.474. The van der Waals surface area contributed by atoms with Crippen molar-refractivity contribution >= 4 is 12.4 Å². The molecule has 1 N–H and O–H groups in total. The molecule has 0 aliphatic rings. The number of benzene rings is 1. The van der Waals surface area contributed by atoms with Gasteiger partial charge in [0.05, 0.1) is 6.54 Å². The summed E-state index contributed by atoms with van der Waals surface area (Å²) < 4.78 is 4.94. The van der Waals surface area contributed by atoms with Gasteiger partial charge in [-0.2, -0.15) is 0 Å². The van der Waals surface area contributed by atoms with Crippen LogP contribution < -0.4 is 10.1 Å². The van der Waals surface area contributed by atoms with E-state index in [1.807, 2.05) is 19.9 Å². The van der Waals surface area contributed by atoms with Crippen molar-refractivity contribution in [2.24, 2.45) is 0 Å². The predicted octanol–water partition coefficient (Wildman–Crippen LogP) is 1.59. The van der Waals surface area contributed by atoms with E-state index in [0.717, 1.165) is 11.1 Å². The second-order valence-corrected chi connectivity index (χ2v) is 3.18. The van der Waals surface area contributed by atoms with Gasteiger partial charge in [0.2, 0.25) is 0 Å². The maximum atomic E-state index is 11.1. The van der Waals surface area contributed by atoms with E-state index in [-0.39, 0.29) is 6.54 Å². The van der Waals surface area contributed by atoms with Crippen molar-refractivity contribution in [3.8, 4) is 5.75 Å². The highest BCUT2D eigenvalue weighted by molar-refractivity contribution is 5.73. The number of amides is 1. The van der Waals surface area contributed by atoms with Gasteiger partial charge in [0.1, 0.15) is 12.0 Å². The maximum Gasteiger partial charge on any atom is 0.412 e. The second kappa shape index (κ2) is 5.14. The van der Waals surface area contributed by atoms with Gasteiger partial charge in [-0.25, -0.2) is 4.79 Å². The van der Waals surface area contributed by atoms with Gasteiger partial charge in [0, 0.05) is 0 Å². The summed E-state index contributed by atoms with van der Waals surface area (Å²) in [6.07, 6.45) is -0.0212. The van der Waals surface area contributed by atoms with Crippen LogP contribution in [0.4, 0.5) is 4.79 Å². The topological polar surface area (TPSA) is 55.4 Å². The summed E-state index contributed by atoms with van der Waals surface area (Å²) in [6.45, 7) is 3.88. The molecule has 4 nitrogen and oxygen atoms in total. The number of nitrogens with one attached hydrogen (secondary N) is 1. The summed E-state index contributed by atoms with van der Waals surface area (Å²) in [7, 11) is 0. The molecule has 0 fully saturated rings. The Balaban J connectivity index is 2.60. The van der Waals surface area contributed by atoms with Gasteiger partial charge >= 0.3 is 6.09 Å². The van der Waals surface area contributed by atoms with Gasteiger partial charge in [0.25, 0.3) is 0 Å². The molecule has 0 radical (unpaired) electrons. The van der Waals surface area contributed by atoms with E-state index in [0.29, 0.717) is 12.0 Å². The van der Waals surface area contributed by atoms with Crippen LogP contribution in [0.25, 0.3) is 0 Å². The Kier molecular flexibility index (Phi) is 3.85. The average Bonchev–Trinajstić information content (AvgIpc) is 2.20. The van der Waals surface area contributed by atoms with Crippen molar-refractivity contribution in [1.29, 1.82) is 0 Å². The molecule has 4 heteroatoms. The van der Waals surface area contributed by atoms with Crippen molar-refractivity contribution in [3.63, 3.8) is 0 Å².